The van der Waals surface area contributed by atoms with Crippen molar-refractivity contribution in [3.8, 4) is 22.8 Å². The fraction of sp³-hybridized carbons (Fsp3) is 0.103. The Kier molecular flexibility index (Phi) is 6.68. The average molecular weight is 517 g/mol. The van der Waals surface area contributed by atoms with Crippen LogP contribution in [0.15, 0.2) is 87.7 Å². The third kappa shape index (κ3) is 5.23. The van der Waals surface area contributed by atoms with Gasteiger partial charge < -0.3 is 14.2 Å². The summed E-state index contributed by atoms with van der Waals surface area (Å²) >= 11 is 12.2. The van der Waals surface area contributed by atoms with Crippen LogP contribution < -0.4 is 5.32 Å². The molecule has 0 aliphatic carbocycles. The van der Waals surface area contributed by atoms with E-state index in [0.29, 0.717) is 39.1 Å². The topological polar surface area (TPSA) is 68.3 Å². The molecule has 7 heteroatoms. The van der Waals surface area contributed by atoms with Gasteiger partial charge in [0.25, 0.3) is 0 Å². The second-order valence-corrected chi connectivity index (χ2v) is 9.47. The molecule has 0 spiro atoms. The number of oxazole rings is 1. The van der Waals surface area contributed by atoms with E-state index in [2.05, 4.69) is 36.3 Å². The molecular weight excluding hydrogens is 495 g/mol. The fourth-order valence-corrected chi connectivity index (χ4v) is 4.24. The van der Waals surface area contributed by atoms with E-state index in [9.17, 15) is 4.79 Å². The van der Waals surface area contributed by atoms with Crippen molar-refractivity contribution in [1.29, 1.82) is 0 Å². The maximum Gasteiger partial charge on any atom is 0.248 e. The van der Waals surface area contributed by atoms with E-state index in [1.807, 2.05) is 30.3 Å². The maximum atomic E-state index is 12.4. The number of furan rings is 1. The highest BCUT2D eigenvalue weighted by Gasteiger charge is 2.11. The van der Waals surface area contributed by atoms with E-state index >= 15 is 0 Å². The van der Waals surface area contributed by atoms with E-state index in [4.69, 9.17) is 32.0 Å². The third-order valence-electron chi connectivity index (χ3n) is 5.70. The van der Waals surface area contributed by atoms with Crippen molar-refractivity contribution < 1.29 is 13.6 Å². The number of carbonyl (C=O) groups excluding carboxylic acids is 1. The quantitative estimate of drug-likeness (QED) is 0.229. The predicted octanol–water partition coefficient (Wildman–Crippen LogP) is 8.84. The van der Waals surface area contributed by atoms with Crippen LogP contribution >= 0.6 is 23.2 Å². The first-order valence-electron chi connectivity index (χ1n) is 11.4. The maximum absolute atomic E-state index is 12.4. The number of nitrogens with zero attached hydrogens (tertiary/aromatic N) is 1. The second-order valence-electron chi connectivity index (χ2n) is 8.63. The molecule has 0 saturated heterocycles. The molecule has 0 radical (unpaired) electrons. The third-order valence-corrected chi connectivity index (χ3v) is 6.25. The van der Waals surface area contributed by atoms with E-state index in [-0.39, 0.29) is 5.91 Å². The molecule has 0 atom stereocenters. The minimum absolute atomic E-state index is 0.284. The number of benzene rings is 3. The van der Waals surface area contributed by atoms with E-state index in [1.54, 1.807) is 36.4 Å². The van der Waals surface area contributed by atoms with Crippen LogP contribution in [-0.4, -0.2) is 10.9 Å². The molecule has 3 aromatic carbocycles. The summed E-state index contributed by atoms with van der Waals surface area (Å²) < 4.78 is 11.7. The second kappa shape index (κ2) is 10.1. The Morgan fingerprint density at radius 2 is 1.75 bits per heavy atom. The molecule has 2 heterocycles. The average Bonchev–Trinajstić information content (AvgIpc) is 3.50. The smallest absolute Gasteiger partial charge is 0.248 e. The summed E-state index contributed by atoms with van der Waals surface area (Å²) in [6, 6.07) is 22.2. The van der Waals surface area contributed by atoms with Crippen molar-refractivity contribution in [2.24, 2.45) is 0 Å². The van der Waals surface area contributed by atoms with Crippen LogP contribution in [0.2, 0.25) is 10.0 Å². The number of hydrogen-bond donors (Lipinski definition) is 1. The molecule has 1 N–H and O–H groups in total. The van der Waals surface area contributed by atoms with Gasteiger partial charge in [-0.2, -0.15) is 0 Å². The molecule has 0 aliphatic rings. The van der Waals surface area contributed by atoms with Gasteiger partial charge in [-0.15, -0.1) is 0 Å². The molecule has 180 valence electrons. The Labute approximate surface area is 218 Å². The highest BCUT2D eigenvalue weighted by Crippen LogP contribution is 2.32. The van der Waals surface area contributed by atoms with Gasteiger partial charge in [-0.3, -0.25) is 4.79 Å². The van der Waals surface area contributed by atoms with Crippen LogP contribution in [0.3, 0.4) is 0 Å². The minimum atomic E-state index is -0.284. The van der Waals surface area contributed by atoms with Crippen molar-refractivity contribution >= 4 is 52.0 Å². The summed E-state index contributed by atoms with van der Waals surface area (Å²) in [4.78, 5) is 17.0. The lowest BCUT2D eigenvalue weighted by molar-refractivity contribution is -0.111. The van der Waals surface area contributed by atoms with Gasteiger partial charge in [-0.25, -0.2) is 4.98 Å². The molecule has 0 saturated carbocycles. The first-order valence-corrected chi connectivity index (χ1v) is 12.2. The summed E-state index contributed by atoms with van der Waals surface area (Å²) in [5.74, 6) is 1.79. The van der Waals surface area contributed by atoms with Gasteiger partial charge in [0, 0.05) is 27.9 Å². The van der Waals surface area contributed by atoms with Gasteiger partial charge in [-0.05, 0) is 84.3 Å². The number of fused-ring (bicyclic) bond motifs is 1. The van der Waals surface area contributed by atoms with Crippen LogP contribution in [-0.2, 0) is 4.79 Å². The molecule has 5 nitrogen and oxygen atoms in total. The monoisotopic (exact) mass is 516 g/mol. The van der Waals surface area contributed by atoms with Crippen LogP contribution in [0.4, 0.5) is 5.69 Å². The largest absolute Gasteiger partial charge is 0.457 e. The van der Waals surface area contributed by atoms with E-state index in [1.165, 1.54) is 11.6 Å². The highest BCUT2D eigenvalue weighted by molar-refractivity contribution is 6.36. The summed E-state index contributed by atoms with van der Waals surface area (Å²) in [6.45, 7) is 4.29. The molecule has 36 heavy (non-hydrogen) atoms. The minimum Gasteiger partial charge on any atom is -0.457 e. The number of nitrogens with one attached hydrogen (secondary N) is 1. The number of aromatic nitrogens is 1. The normalized spacial score (nSPS) is 11.6. The molecule has 0 aliphatic heterocycles. The lowest BCUT2D eigenvalue weighted by atomic mass is 10.0. The van der Waals surface area contributed by atoms with Gasteiger partial charge >= 0.3 is 0 Å². The molecule has 5 aromatic rings. The Hall–Kier alpha value is -3.80. The van der Waals surface area contributed by atoms with Gasteiger partial charge in [0.05, 0.1) is 5.02 Å². The highest BCUT2D eigenvalue weighted by atomic mass is 35.5. The zero-order valence-corrected chi connectivity index (χ0v) is 21.1. The number of amides is 1. The number of hydrogen-bond acceptors (Lipinski definition) is 4. The van der Waals surface area contributed by atoms with Gasteiger partial charge in [0.1, 0.15) is 17.0 Å². The fourth-order valence-electron chi connectivity index (χ4n) is 3.74. The van der Waals surface area contributed by atoms with Crippen molar-refractivity contribution in [2.45, 2.75) is 19.8 Å². The zero-order valence-electron chi connectivity index (χ0n) is 19.6. The van der Waals surface area contributed by atoms with Crippen LogP contribution in [0, 0.1) is 0 Å². The van der Waals surface area contributed by atoms with Crippen molar-refractivity contribution in [3.05, 3.63) is 100 Å². The van der Waals surface area contributed by atoms with E-state index < -0.39 is 0 Å². The summed E-state index contributed by atoms with van der Waals surface area (Å²) in [7, 11) is 0. The Bertz CT molecular complexity index is 1580. The summed E-state index contributed by atoms with van der Waals surface area (Å²) in [5, 5.41) is 3.88. The molecule has 0 fully saturated rings. The molecule has 0 unspecified atom stereocenters. The van der Waals surface area contributed by atoms with Crippen LogP contribution in [0.25, 0.3) is 40.0 Å². The molecular formula is C29H22Cl2N2O3. The van der Waals surface area contributed by atoms with Gasteiger partial charge in [-0.1, -0.05) is 43.1 Å². The molecule has 1 amide bonds. The van der Waals surface area contributed by atoms with E-state index in [0.717, 1.165) is 22.2 Å². The van der Waals surface area contributed by atoms with Crippen LogP contribution in [0.5, 0.6) is 0 Å². The van der Waals surface area contributed by atoms with Gasteiger partial charge in [0.15, 0.2) is 5.58 Å². The molecule has 5 rings (SSSR count). The SMILES string of the molecule is CC(C)c1ccc2oc(-c3ccc(NC(=O)/C=C/c4ccc(-c5ccc(Cl)cc5Cl)o4)cc3)nc2c1. The molecule has 0 bridgehead atoms. The number of anilines is 1. The zero-order chi connectivity index (χ0) is 25.2. The van der Waals surface area contributed by atoms with Crippen molar-refractivity contribution in [2.75, 3.05) is 5.32 Å². The Balaban J connectivity index is 1.24. The number of rotatable bonds is 6. The standard InChI is InChI=1S/C29H22Cl2N2O3/c1-17(2)19-5-12-27-25(15-19)33-29(36-27)18-3-7-21(8-4-18)32-28(34)14-10-22-9-13-26(35-22)23-11-6-20(30)16-24(23)31/h3-17H,1-2H3,(H,32,34)/b14-10+. The molecule has 2 aromatic heterocycles. The van der Waals surface area contributed by atoms with Crippen molar-refractivity contribution in [1.82, 2.24) is 4.98 Å². The van der Waals surface area contributed by atoms with Crippen molar-refractivity contribution in [3.63, 3.8) is 0 Å². The first kappa shape index (κ1) is 23.9. The Morgan fingerprint density at radius 3 is 2.50 bits per heavy atom. The van der Waals surface area contributed by atoms with Gasteiger partial charge in [0.2, 0.25) is 11.8 Å². The number of carbonyl (C=O) groups is 1. The lowest BCUT2D eigenvalue weighted by Gasteiger charge is -2.03. The lowest BCUT2D eigenvalue weighted by Crippen LogP contribution is -2.07. The number of halogens is 2. The summed E-state index contributed by atoms with van der Waals surface area (Å²) in [5.41, 5.74) is 5.00. The first-order chi connectivity index (χ1) is 17.4. The Morgan fingerprint density at radius 1 is 0.944 bits per heavy atom. The summed E-state index contributed by atoms with van der Waals surface area (Å²) in [6.07, 6.45) is 3.01. The predicted molar refractivity (Wildman–Crippen MR) is 145 cm³/mol. The van der Waals surface area contributed by atoms with Crippen LogP contribution in [0.1, 0.15) is 31.1 Å².